The first-order chi connectivity index (χ1) is 8.26. The summed E-state index contributed by atoms with van der Waals surface area (Å²) < 4.78 is 5.59. The Bertz CT molecular complexity index is 211. The van der Waals surface area contributed by atoms with Crippen LogP contribution in [-0.4, -0.2) is 38.3 Å². The van der Waals surface area contributed by atoms with E-state index in [2.05, 4.69) is 24.5 Å². The van der Waals surface area contributed by atoms with E-state index in [0.717, 1.165) is 45.3 Å². The molecular weight excluding hydrogens is 216 g/mol. The van der Waals surface area contributed by atoms with Crippen molar-refractivity contribution in [3.8, 4) is 0 Å². The zero-order valence-electron chi connectivity index (χ0n) is 11.1. The second-order valence-corrected chi connectivity index (χ2v) is 4.75. The fourth-order valence-corrected chi connectivity index (χ4v) is 2.04. The minimum atomic E-state index is 0.0235. The quantitative estimate of drug-likeness (QED) is 0.707. The van der Waals surface area contributed by atoms with Crippen LogP contribution in [0.1, 0.15) is 39.5 Å². The highest BCUT2D eigenvalue weighted by atomic mass is 16.5. The van der Waals surface area contributed by atoms with Gasteiger partial charge in [0.2, 0.25) is 5.91 Å². The molecule has 4 heteroatoms. The number of ether oxygens (including phenoxy) is 1. The Morgan fingerprint density at radius 3 is 2.59 bits per heavy atom. The van der Waals surface area contributed by atoms with Crippen molar-refractivity contribution in [1.29, 1.82) is 0 Å². The highest BCUT2D eigenvalue weighted by molar-refractivity contribution is 5.77. The van der Waals surface area contributed by atoms with E-state index in [-0.39, 0.29) is 18.6 Å². The van der Waals surface area contributed by atoms with Crippen molar-refractivity contribution in [2.75, 3.05) is 26.2 Å². The molecule has 0 aromatic heterocycles. The van der Waals surface area contributed by atoms with Crippen molar-refractivity contribution < 1.29 is 9.53 Å². The number of rotatable bonds is 7. The van der Waals surface area contributed by atoms with Gasteiger partial charge in [0.1, 0.15) is 6.61 Å². The van der Waals surface area contributed by atoms with E-state index >= 15 is 0 Å². The molecule has 0 saturated carbocycles. The van der Waals surface area contributed by atoms with Gasteiger partial charge in [-0.2, -0.15) is 0 Å². The van der Waals surface area contributed by atoms with Gasteiger partial charge in [0.15, 0.2) is 0 Å². The molecule has 1 heterocycles. The lowest BCUT2D eigenvalue weighted by atomic mass is 10.0. The molecule has 100 valence electrons. The van der Waals surface area contributed by atoms with Crippen LogP contribution in [0.2, 0.25) is 0 Å². The van der Waals surface area contributed by atoms with Gasteiger partial charge in [-0.25, -0.2) is 0 Å². The third-order valence-corrected chi connectivity index (χ3v) is 3.48. The molecule has 1 aliphatic heterocycles. The molecule has 1 rings (SSSR count). The second kappa shape index (κ2) is 8.48. The third kappa shape index (κ3) is 6.03. The zero-order chi connectivity index (χ0) is 12.5. The lowest BCUT2D eigenvalue weighted by Gasteiger charge is -2.22. The standard InChI is InChI=1S/C13H26N2O2/c1-3-11(4-2)9-15-13(16)10-17-12-5-7-14-8-6-12/h11-12,14H,3-10H2,1-2H3,(H,15,16). The van der Waals surface area contributed by atoms with Crippen molar-refractivity contribution in [3.63, 3.8) is 0 Å². The summed E-state index contributed by atoms with van der Waals surface area (Å²) >= 11 is 0. The highest BCUT2D eigenvalue weighted by Crippen LogP contribution is 2.07. The highest BCUT2D eigenvalue weighted by Gasteiger charge is 2.15. The van der Waals surface area contributed by atoms with Crippen molar-refractivity contribution in [2.45, 2.75) is 45.6 Å². The normalized spacial score (nSPS) is 17.4. The Balaban J connectivity index is 2.07. The van der Waals surface area contributed by atoms with Gasteiger partial charge in [0, 0.05) is 6.54 Å². The smallest absolute Gasteiger partial charge is 0.246 e. The lowest BCUT2D eigenvalue weighted by Crippen LogP contribution is -2.37. The third-order valence-electron chi connectivity index (χ3n) is 3.48. The molecule has 0 unspecified atom stereocenters. The fraction of sp³-hybridized carbons (Fsp3) is 0.923. The summed E-state index contributed by atoms with van der Waals surface area (Å²) in [5.74, 6) is 0.619. The van der Waals surface area contributed by atoms with Crippen LogP contribution in [0, 0.1) is 5.92 Å². The molecular formula is C13H26N2O2. The first kappa shape index (κ1) is 14.5. The summed E-state index contributed by atoms with van der Waals surface area (Å²) in [6, 6.07) is 0. The number of hydrogen-bond donors (Lipinski definition) is 2. The largest absolute Gasteiger partial charge is 0.368 e. The van der Waals surface area contributed by atoms with Gasteiger partial charge in [-0.15, -0.1) is 0 Å². The molecule has 1 aliphatic rings. The molecule has 17 heavy (non-hydrogen) atoms. The Hall–Kier alpha value is -0.610. The maximum atomic E-state index is 11.6. The van der Waals surface area contributed by atoms with Gasteiger partial charge in [-0.3, -0.25) is 4.79 Å². The number of carbonyl (C=O) groups is 1. The molecule has 1 saturated heterocycles. The Morgan fingerprint density at radius 2 is 2.00 bits per heavy atom. The maximum Gasteiger partial charge on any atom is 0.246 e. The molecule has 0 aromatic rings. The summed E-state index contributed by atoms with van der Waals surface area (Å²) in [5.41, 5.74) is 0. The first-order valence-electron chi connectivity index (χ1n) is 6.85. The van der Waals surface area contributed by atoms with Crippen LogP contribution in [0.4, 0.5) is 0 Å². The summed E-state index contributed by atoms with van der Waals surface area (Å²) in [5, 5.41) is 6.22. The minimum absolute atomic E-state index is 0.0235. The van der Waals surface area contributed by atoms with Crippen LogP contribution in [0.15, 0.2) is 0 Å². The molecule has 0 spiro atoms. The van der Waals surface area contributed by atoms with E-state index in [4.69, 9.17) is 4.74 Å². The molecule has 0 atom stereocenters. The van der Waals surface area contributed by atoms with Crippen LogP contribution < -0.4 is 10.6 Å². The predicted molar refractivity (Wildman–Crippen MR) is 68.9 cm³/mol. The van der Waals surface area contributed by atoms with Crippen LogP contribution in [0.25, 0.3) is 0 Å². The molecule has 0 bridgehead atoms. The van der Waals surface area contributed by atoms with Gasteiger partial charge < -0.3 is 15.4 Å². The first-order valence-corrected chi connectivity index (χ1v) is 6.85. The zero-order valence-corrected chi connectivity index (χ0v) is 11.1. The van der Waals surface area contributed by atoms with Crippen molar-refractivity contribution in [2.24, 2.45) is 5.92 Å². The summed E-state index contributed by atoms with van der Waals surface area (Å²) in [6.45, 7) is 7.31. The van der Waals surface area contributed by atoms with Crippen molar-refractivity contribution >= 4 is 5.91 Å². The van der Waals surface area contributed by atoms with Crippen molar-refractivity contribution in [1.82, 2.24) is 10.6 Å². The molecule has 4 nitrogen and oxygen atoms in total. The van der Waals surface area contributed by atoms with E-state index < -0.39 is 0 Å². The Labute approximate surface area is 104 Å². The van der Waals surface area contributed by atoms with E-state index in [1.54, 1.807) is 0 Å². The number of nitrogens with one attached hydrogen (secondary N) is 2. The topological polar surface area (TPSA) is 50.4 Å². The molecule has 1 amide bonds. The monoisotopic (exact) mass is 242 g/mol. The van der Waals surface area contributed by atoms with E-state index in [1.165, 1.54) is 0 Å². The van der Waals surface area contributed by atoms with E-state index in [9.17, 15) is 4.79 Å². The van der Waals surface area contributed by atoms with Gasteiger partial charge in [0.05, 0.1) is 6.10 Å². The number of hydrogen-bond acceptors (Lipinski definition) is 3. The Kier molecular flexibility index (Phi) is 7.21. The number of carbonyl (C=O) groups excluding carboxylic acids is 1. The van der Waals surface area contributed by atoms with E-state index in [1.807, 2.05) is 0 Å². The summed E-state index contributed by atoms with van der Waals surface area (Å²) in [7, 11) is 0. The average molecular weight is 242 g/mol. The number of piperidine rings is 1. The minimum Gasteiger partial charge on any atom is -0.368 e. The van der Waals surface area contributed by atoms with Crippen molar-refractivity contribution in [3.05, 3.63) is 0 Å². The van der Waals surface area contributed by atoms with Gasteiger partial charge >= 0.3 is 0 Å². The predicted octanol–water partition coefficient (Wildman–Crippen LogP) is 1.31. The summed E-state index contributed by atoms with van der Waals surface area (Å²) in [6.07, 6.45) is 4.52. The summed E-state index contributed by atoms with van der Waals surface area (Å²) in [4.78, 5) is 11.6. The lowest BCUT2D eigenvalue weighted by molar-refractivity contribution is -0.128. The van der Waals surface area contributed by atoms with Crippen LogP contribution in [0.3, 0.4) is 0 Å². The molecule has 2 N–H and O–H groups in total. The van der Waals surface area contributed by atoms with Crippen LogP contribution in [-0.2, 0) is 9.53 Å². The van der Waals surface area contributed by atoms with E-state index in [0.29, 0.717) is 5.92 Å². The van der Waals surface area contributed by atoms with Crippen LogP contribution in [0.5, 0.6) is 0 Å². The second-order valence-electron chi connectivity index (χ2n) is 4.75. The van der Waals surface area contributed by atoms with Gasteiger partial charge in [0.25, 0.3) is 0 Å². The maximum absolute atomic E-state index is 11.6. The fourth-order valence-electron chi connectivity index (χ4n) is 2.04. The van der Waals surface area contributed by atoms with Gasteiger partial charge in [-0.05, 0) is 31.8 Å². The average Bonchev–Trinajstić information content (AvgIpc) is 2.39. The SMILES string of the molecule is CCC(CC)CNC(=O)COC1CCNCC1. The molecule has 0 radical (unpaired) electrons. The molecule has 1 fully saturated rings. The molecule has 0 aliphatic carbocycles. The number of amides is 1. The van der Waals surface area contributed by atoms with Gasteiger partial charge in [-0.1, -0.05) is 26.7 Å². The Morgan fingerprint density at radius 1 is 1.35 bits per heavy atom. The molecule has 0 aromatic carbocycles. The van der Waals surface area contributed by atoms with Crippen LogP contribution >= 0.6 is 0 Å².